The van der Waals surface area contributed by atoms with Gasteiger partial charge in [-0.25, -0.2) is 0 Å². The van der Waals surface area contributed by atoms with E-state index in [2.05, 4.69) is 17.1 Å². The third-order valence-corrected chi connectivity index (χ3v) is 2.40. The van der Waals surface area contributed by atoms with Gasteiger partial charge in [-0.2, -0.15) is 0 Å². The number of hydrogen-bond acceptors (Lipinski definition) is 2. The molecule has 4 nitrogen and oxygen atoms in total. The van der Waals surface area contributed by atoms with Gasteiger partial charge in [0, 0.05) is 13.1 Å². The van der Waals surface area contributed by atoms with Gasteiger partial charge < -0.3 is 16.0 Å². The van der Waals surface area contributed by atoms with Crippen LogP contribution in [0.5, 0.6) is 0 Å². The quantitative estimate of drug-likeness (QED) is 0.406. The highest BCUT2D eigenvalue weighted by Crippen LogP contribution is 2.14. The van der Waals surface area contributed by atoms with Crippen LogP contribution in [0.1, 0.15) is 13.3 Å². The summed E-state index contributed by atoms with van der Waals surface area (Å²) >= 11 is 0. The second-order valence-corrected chi connectivity index (χ2v) is 3.34. The SMILES string of the molecule is CCN1CCC(CNC(=N)N)C1. The van der Waals surface area contributed by atoms with Gasteiger partial charge in [0.1, 0.15) is 0 Å². The fourth-order valence-corrected chi connectivity index (χ4v) is 1.62. The number of nitrogens with zero attached hydrogens (tertiary/aromatic N) is 1. The summed E-state index contributed by atoms with van der Waals surface area (Å²) in [4.78, 5) is 2.42. The molecule has 0 aromatic rings. The van der Waals surface area contributed by atoms with Crippen LogP contribution >= 0.6 is 0 Å². The van der Waals surface area contributed by atoms with Crippen molar-refractivity contribution < 1.29 is 0 Å². The molecule has 1 aliphatic heterocycles. The third kappa shape index (κ3) is 2.70. The van der Waals surface area contributed by atoms with E-state index < -0.39 is 0 Å². The Morgan fingerprint density at radius 3 is 3.00 bits per heavy atom. The summed E-state index contributed by atoms with van der Waals surface area (Å²) in [5, 5.41) is 9.87. The molecule has 1 fully saturated rings. The van der Waals surface area contributed by atoms with Gasteiger partial charge in [0.05, 0.1) is 0 Å². The fourth-order valence-electron chi connectivity index (χ4n) is 1.62. The van der Waals surface area contributed by atoms with E-state index in [1.807, 2.05) is 0 Å². The Balaban J connectivity index is 2.15. The minimum atomic E-state index is 0.0879. The van der Waals surface area contributed by atoms with E-state index in [0.29, 0.717) is 5.92 Å². The van der Waals surface area contributed by atoms with E-state index in [9.17, 15) is 0 Å². The Morgan fingerprint density at radius 2 is 2.50 bits per heavy atom. The molecule has 1 aliphatic rings. The molecule has 0 amide bonds. The molecule has 1 rings (SSSR count). The molecular weight excluding hydrogens is 152 g/mol. The van der Waals surface area contributed by atoms with Gasteiger partial charge in [0.15, 0.2) is 5.96 Å². The molecule has 0 bridgehead atoms. The minimum Gasteiger partial charge on any atom is -0.370 e. The third-order valence-electron chi connectivity index (χ3n) is 2.40. The van der Waals surface area contributed by atoms with Crippen LogP contribution < -0.4 is 11.1 Å². The molecule has 0 aromatic carbocycles. The summed E-state index contributed by atoms with van der Waals surface area (Å²) in [6, 6.07) is 0. The molecule has 70 valence electrons. The summed E-state index contributed by atoms with van der Waals surface area (Å²) in [5.74, 6) is 0.763. The Labute approximate surface area is 73.6 Å². The van der Waals surface area contributed by atoms with Crippen LogP contribution in [0.2, 0.25) is 0 Å². The first-order chi connectivity index (χ1) is 5.72. The second kappa shape index (κ2) is 4.30. The Hall–Kier alpha value is -0.770. The van der Waals surface area contributed by atoms with Gasteiger partial charge in [-0.15, -0.1) is 0 Å². The average molecular weight is 170 g/mol. The molecule has 0 aliphatic carbocycles. The van der Waals surface area contributed by atoms with Gasteiger partial charge in [-0.05, 0) is 25.4 Å². The van der Waals surface area contributed by atoms with Crippen LogP contribution in [0.3, 0.4) is 0 Å². The summed E-state index contributed by atoms with van der Waals surface area (Å²) < 4.78 is 0. The molecule has 0 spiro atoms. The van der Waals surface area contributed by atoms with Crippen molar-refractivity contribution in [3.63, 3.8) is 0 Å². The number of likely N-dealkylation sites (tertiary alicyclic amines) is 1. The smallest absolute Gasteiger partial charge is 0.185 e. The Bertz CT molecular complexity index is 157. The lowest BCUT2D eigenvalue weighted by molar-refractivity contribution is 0.342. The molecule has 1 saturated heterocycles. The maximum Gasteiger partial charge on any atom is 0.185 e. The average Bonchev–Trinajstić information content (AvgIpc) is 2.48. The Morgan fingerprint density at radius 1 is 1.75 bits per heavy atom. The highest BCUT2D eigenvalue weighted by Gasteiger charge is 2.20. The molecule has 1 atom stereocenters. The van der Waals surface area contributed by atoms with Crippen LogP contribution in [-0.2, 0) is 0 Å². The van der Waals surface area contributed by atoms with Gasteiger partial charge in [-0.1, -0.05) is 6.92 Å². The van der Waals surface area contributed by atoms with Crippen LogP contribution in [0, 0.1) is 11.3 Å². The van der Waals surface area contributed by atoms with Crippen molar-refractivity contribution in [3.8, 4) is 0 Å². The molecule has 0 aromatic heterocycles. The first-order valence-corrected chi connectivity index (χ1v) is 4.52. The topological polar surface area (TPSA) is 65.1 Å². The monoisotopic (exact) mass is 170 g/mol. The van der Waals surface area contributed by atoms with Gasteiger partial charge in [0.25, 0.3) is 0 Å². The van der Waals surface area contributed by atoms with Crippen LogP contribution in [0.4, 0.5) is 0 Å². The van der Waals surface area contributed by atoms with E-state index in [-0.39, 0.29) is 5.96 Å². The van der Waals surface area contributed by atoms with E-state index >= 15 is 0 Å². The predicted molar refractivity (Wildman–Crippen MR) is 50.1 cm³/mol. The molecular formula is C8H18N4. The maximum absolute atomic E-state index is 7.01. The van der Waals surface area contributed by atoms with Crippen molar-refractivity contribution in [3.05, 3.63) is 0 Å². The molecule has 1 unspecified atom stereocenters. The van der Waals surface area contributed by atoms with Crippen LogP contribution in [0.25, 0.3) is 0 Å². The summed E-state index contributed by atoms with van der Waals surface area (Å²) in [6.45, 7) is 6.51. The summed E-state index contributed by atoms with van der Waals surface area (Å²) in [6.07, 6.45) is 1.23. The molecule has 12 heavy (non-hydrogen) atoms. The standard InChI is InChI=1S/C8H18N4/c1-2-12-4-3-7(6-12)5-11-8(9)10/h7H,2-6H2,1H3,(H4,9,10,11). The maximum atomic E-state index is 7.01. The fraction of sp³-hybridized carbons (Fsp3) is 0.875. The lowest BCUT2D eigenvalue weighted by Crippen LogP contribution is -2.35. The van der Waals surface area contributed by atoms with Crippen molar-refractivity contribution >= 4 is 5.96 Å². The minimum absolute atomic E-state index is 0.0879. The van der Waals surface area contributed by atoms with Gasteiger partial charge in [0.2, 0.25) is 0 Å². The van der Waals surface area contributed by atoms with Crippen molar-refractivity contribution in [1.82, 2.24) is 10.2 Å². The van der Waals surface area contributed by atoms with Gasteiger partial charge >= 0.3 is 0 Å². The number of hydrogen-bond donors (Lipinski definition) is 3. The normalized spacial score (nSPS) is 24.2. The highest BCUT2D eigenvalue weighted by molar-refractivity contribution is 5.74. The highest BCUT2D eigenvalue weighted by atomic mass is 15.1. The number of guanidine groups is 1. The molecule has 4 heteroatoms. The van der Waals surface area contributed by atoms with Crippen molar-refractivity contribution in [2.24, 2.45) is 11.7 Å². The van der Waals surface area contributed by atoms with Crippen molar-refractivity contribution in [2.45, 2.75) is 13.3 Å². The largest absolute Gasteiger partial charge is 0.370 e. The molecule has 4 N–H and O–H groups in total. The summed E-state index contributed by atoms with van der Waals surface area (Å²) in [5.41, 5.74) is 5.20. The van der Waals surface area contributed by atoms with E-state index in [0.717, 1.165) is 19.6 Å². The van der Waals surface area contributed by atoms with E-state index in [1.165, 1.54) is 13.0 Å². The van der Waals surface area contributed by atoms with Crippen molar-refractivity contribution in [1.29, 1.82) is 5.41 Å². The Kier molecular flexibility index (Phi) is 3.34. The first-order valence-electron chi connectivity index (χ1n) is 4.52. The summed E-state index contributed by atoms with van der Waals surface area (Å²) in [7, 11) is 0. The zero-order valence-electron chi connectivity index (χ0n) is 7.64. The molecule has 0 saturated carbocycles. The molecule has 1 heterocycles. The molecule has 0 radical (unpaired) electrons. The zero-order valence-corrected chi connectivity index (χ0v) is 7.64. The first kappa shape index (κ1) is 9.32. The van der Waals surface area contributed by atoms with Crippen molar-refractivity contribution in [2.75, 3.05) is 26.2 Å². The van der Waals surface area contributed by atoms with E-state index in [1.54, 1.807) is 0 Å². The number of nitrogens with one attached hydrogen (secondary N) is 2. The lowest BCUT2D eigenvalue weighted by Gasteiger charge is -2.13. The number of nitrogens with two attached hydrogens (primary N) is 1. The van der Waals surface area contributed by atoms with Crippen LogP contribution in [-0.4, -0.2) is 37.0 Å². The number of rotatable bonds is 3. The lowest BCUT2D eigenvalue weighted by atomic mass is 10.1. The zero-order chi connectivity index (χ0) is 8.97. The van der Waals surface area contributed by atoms with E-state index in [4.69, 9.17) is 11.1 Å². The predicted octanol–water partition coefficient (Wildman–Crippen LogP) is -0.189. The van der Waals surface area contributed by atoms with Crippen LogP contribution in [0.15, 0.2) is 0 Å². The van der Waals surface area contributed by atoms with Gasteiger partial charge in [-0.3, -0.25) is 5.41 Å². The second-order valence-electron chi connectivity index (χ2n) is 3.34.